The molecule has 110 valence electrons. The number of aliphatic carboxylic acids is 1. The number of carboxylic acids is 1. The number of halogens is 1. The zero-order valence-electron chi connectivity index (χ0n) is 10.4. The van der Waals surface area contributed by atoms with Crippen molar-refractivity contribution in [1.82, 2.24) is 4.31 Å². The van der Waals surface area contributed by atoms with Gasteiger partial charge in [-0.1, -0.05) is 0 Å². The normalized spacial score (nSPS) is 20.0. The van der Waals surface area contributed by atoms with Gasteiger partial charge in [-0.3, -0.25) is 4.79 Å². The fraction of sp³-hybridized carbons (Fsp3) is 0.364. The zero-order chi connectivity index (χ0) is 14.9. The van der Waals surface area contributed by atoms with Gasteiger partial charge in [-0.25, -0.2) is 8.42 Å². The highest BCUT2D eigenvalue weighted by Crippen LogP contribution is 2.32. The number of rotatable bonds is 4. The lowest BCUT2D eigenvalue weighted by molar-refractivity contribution is -0.140. The van der Waals surface area contributed by atoms with Crippen LogP contribution in [0.2, 0.25) is 0 Å². The maximum Gasteiger partial charge on any atom is 0.322 e. The second kappa shape index (κ2) is 5.92. The molecule has 0 unspecified atom stereocenters. The molecule has 0 aromatic heterocycles. The third-order valence-corrected chi connectivity index (χ3v) is 6.50. The molecule has 1 saturated heterocycles. The molecule has 1 N–H and O–H groups in total. The predicted molar refractivity (Wildman–Crippen MR) is 78.5 cm³/mol. The molecular weight excluding hydrogens is 370 g/mol. The molecule has 1 heterocycles. The standard InChI is InChI=1S/C11H12BrNO5S2/c1-18-10-3-2-7(4-8(10)12)20(16,17)13-6-19-5-9(13)11(14)15/h2-4,9H,5-6H2,1H3,(H,14,15)/t9-/m0/s1. The monoisotopic (exact) mass is 381 g/mol. The van der Waals surface area contributed by atoms with Gasteiger partial charge in [0.15, 0.2) is 0 Å². The number of carboxylic acid groups (broad SMARTS) is 1. The van der Waals surface area contributed by atoms with Gasteiger partial charge < -0.3 is 9.84 Å². The molecule has 6 nitrogen and oxygen atoms in total. The van der Waals surface area contributed by atoms with Crippen LogP contribution in [0.5, 0.6) is 5.75 Å². The smallest absolute Gasteiger partial charge is 0.322 e. The van der Waals surface area contributed by atoms with Crippen molar-refractivity contribution in [3.8, 4) is 5.75 Å². The minimum absolute atomic E-state index is 0.0407. The molecule has 0 bridgehead atoms. The quantitative estimate of drug-likeness (QED) is 0.852. The molecule has 2 rings (SSSR count). The Hall–Kier alpha value is -0.770. The van der Waals surface area contributed by atoms with Crippen LogP contribution in [0.3, 0.4) is 0 Å². The van der Waals surface area contributed by atoms with Crippen LogP contribution in [0, 0.1) is 0 Å². The van der Waals surface area contributed by atoms with Crippen LogP contribution in [-0.2, 0) is 14.8 Å². The molecule has 1 aliphatic rings. The van der Waals surface area contributed by atoms with Crippen molar-refractivity contribution in [2.75, 3.05) is 18.7 Å². The molecule has 0 radical (unpaired) electrons. The first-order valence-electron chi connectivity index (χ1n) is 5.54. The van der Waals surface area contributed by atoms with E-state index in [-0.39, 0.29) is 16.5 Å². The van der Waals surface area contributed by atoms with E-state index < -0.39 is 22.0 Å². The number of nitrogens with zero attached hydrogens (tertiary/aromatic N) is 1. The van der Waals surface area contributed by atoms with Crippen LogP contribution in [0.15, 0.2) is 27.6 Å². The van der Waals surface area contributed by atoms with Crippen LogP contribution < -0.4 is 4.74 Å². The van der Waals surface area contributed by atoms with E-state index in [4.69, 9.17) is 9.84 Å². The zero-order valence-corrected chi connectivity index (χ0v) is 13.7. The Kier molecular flexibility index (Phi) is 4.62. The largest absolute Gasteiger partial charge is 0.496 e. The van der Waals surface area contributed by atoms with Gasteiger partial charge >= 0.3 is 5.97 Å². The van der Waals surface area contributed by atoms with E-state index in [9.17, 15) is 13.2 Å². The van der Waals surface area contributed by atoms with Crippen molar-refractivity contribution in [1.29, 1.82) is 0 Å². The van der Waals surface area contributed by atoms with Crippen LogP contribution in [0.1, 0.15) is 0 Å². The van der Waals surface area contributed by atoms with Crippen LogP contribution >= 0.6 is 27.7 Å². The van der Waals surface area contributed by atoms with Gasteiger partial charge in [0.2, 0.25) is 10.0 Å². The molecule has 9 heteroatoms. The summed E-state index contributed by atoms with van der Waals surface area (Å²) in [5.74, 6) is -0.227. The highest BCUT2D eigenvalue weighted by atomic mass is 79.9. The molecular formula is C11H12BrNO5S2. The summed E-state index contributed by atoms with van der Waals surface area (Å²) in [6.45, 7) is 0. The van der Waals surface area contributed by atoms with Crippen molar-refractivity contribution in [3.05, 3.63) is 22.7 Å². The van der Waals surface area contributed by atoms with E-state index in [2.05, 4.69) is 15.9 Å². The lowest BCUT2D eigenvalue weighted by Crippen LogP contribution is -2.41. The Labute approximate surface area is 129 Å². The Morgan fingerprint density at radius 2 is 2.25 bits per heavy atom. The molecule has 0 amide bonds. The summed E-state index contributed by atoms with van der Waals surface area (Å²) in [5.41, 5.74) is 0. The average molecular weight is 382 g/mol. The fourth-order valence-electron chi connectivity index (χ4n) is 1.80. The summed E-state index contributed by atoms with van der Waals surface area (Å²) >= 11 is 4.50. The number of benzene rings is 1. The highest BCUT2D eigenvalue weighted by molar-refractivity contribution is 9.10. The molecule has 1 aliphatic heterocycles. The van der Waals surface area contributed by atoms with Crippen molar-refractivity contribution in [2.24, 2.45) is 0 Å². The summed E-state index contributed by atoms with van der Waals surface area (Å²) in [5, 5.41) is 9.08. The predicted octanol–water partition coefficient (Wildman–Crippen LogP) is 1.61. The first-order valence-corrected chi connectivity index (χ1v) is 8.92. The van der Waals surface area contributed by atoms with Crippen LogP contribution in [0.4, 0.5) is 0 Å². The molecule has 1 fully saturated rings. The minimum atomic E-state index is -3.83. The Morgan fingerprint density at radius 1 is 1.55 bits per heavy atom. The average Bonchev–Trinajstić information content (AvgIpc) is 2.88. The maximum atomic E-state index is 12.5. The molecule has 1 atom stereocenters. The molecule has 0 saturated carbocycles. The summed E-state index contributed by atoms with van der Waals surface area (Å²) in [7, 11) is -2.36. The van der Waals surface area contributed by atoms with E-state index >= 15 is 0 Å². The van der Waals surface area contributed by atoms with Gasteiger partial charge in [0.25, 0.3) is 0 Å². The molecule has 1 aromatic carbocycles. The Bertz CT molecular complexity index is 634. The summed E-state index contributed by atoms with van der Waals surface area (Å²) in [6.07, 6.45) is 0. The van der Waals surface area contributed by atoms with Crippen molar-refractivity contribution in [2.45, 2.75) is 10.9 Å². The van der Waals surface area contributed by atoms with Gasteiger partial charge in [-0.05, 0) is 34.1 Å². The molecule has 0 aliphatic carbocycles. The topological polar surface area (TPSA) is 83.9 Å². The third kappa shape index (κ3) is 2.80. The van der Waals surface area contributed by atoms with Gasteiger partial charge in [0.1, 0.15) is 11.8 Å². The lowest BCUT2D eigenvalue weighted by Gasteiger charge is -2.20. The van der Waals surface area contributed by atoms with E-state index in [1.807, 2.05) is 0 Å². The number of hydrogen-bond donors (Lipinski definition) is 1. The van der Waals surface area contributed by atoms with Gasteiger partial charge in [-0.2, -0.15) is 4.31 Å². The SMILES string of the molecule is COc1ccc(S(=O)(=O)N2CSC[C@H]2C(=O)O)cc1Br. The lowest BCUT2D eigenvalue weighted by atomic mass is 10.3. The molecule has 1 aromatic rings. The van der Waals surface area contributed by atoms with Gasteiger partial charge in [0.05, 0.1) is 22.4 Å². The Morgan fingerprint density at radius 3 is 2.80 bits per heavy atom. The maximum absolute atomic E-state index is 12.5. The molecule has 20 heavy (non-hydrogen) atoms. The second-order valence-electron chi connectivity index (χ2n) is 4.04. The first-order chi connectivity index (χ1) is 9.37. The summed E-state index contributed by atoms with van der Waals surface area (Å²) < 4.78 is 31.5. The fourth-order valence-corrected chi connectivity index (χ4v) is 5.66. The number of methoxy groups -OCH3 is 1. The number of hydrogen-bond acceptors (Lipinski definition) is 5. The van der Waals surface area contributed by atoms with E-state index in [1.54, 1.807) is 0 Å². The number of thioether (sulfide) groups is 1. The summed E-state index contributed by atoms with van der Waals surface area (Å²) in [4.78, 5) is 11.1. The van der Waals surface area contributed by atoms with Gasteiger partial charge in [0, 0.05) is 5.75 Å². The number of ether oxygens (including phenoxy) is 1. The highest BCUT2D eigenvalue weighted by Gasteiger charge is 2.40. The third-order valence-electron chi connectivity index (χ3n) is 2.86. The van der Waals surface area contributed by atoms with Crippen molar-refractivity contribution in [3.63, 3.8) is 0 Å². The van der Waals surface area contributed by atoms with E-state index in [1.165, 1.54) is 37.1 Å². The Balaban J connectivity index is 2.40. The second-order valence-corrected chi connectivity index (χ2v) is 7.79. The van der Waals surface area contributed by atoms with E-state index in [0.29, 0.717) is 10.2 Å². The summed E-state index contributed by atoms with van der Waals surface area (Å²) in [6, 6.07) is 3.32. The van der Waals surface area contributed by atoms with Gasteiger partial charge in [-0.15, -0.1) is 11.8 Å². The van der Waals surface area contributed by atoms with Crippen molar-refractivity contribution >= 4 is 43.7 Å². The number of sulfonamides is 1. The van der Waals surface area contributed by atoms with E-state index in [0.717, 1.165) is 4.31 Å². The first kappa shape index (κ1) is 15.6. The minimum Gasteiger partial charge on any atom is -0.496 e. The van der Waals surface area contributed by atoms with Crippen molar-refractivity contribution < 1.29 is 23.1 Å². The van der Waals surface area contributed by atoms with Crippen LogP contribution in [0.25, 0.3) is 0 Å². The van der Waals surface area contributed by atoms with Crippen LogP contribution in [-0.4, -0.2) is 48.6 Å². The molecule has 0 spiro atoms. The number of carbonyl (C=O) groups is 1.